The molecule has 0 bridgehead atoms. The minimum atomic E-state index is -1.16. The molecule has 0 radical (unpaired) electrons. The lowest BCUT2D eigenvalue weighted by molar-refractivity contribution is -0.114. The number of carbonyl (C=O) groups excluding carboxylic acids is 1. The topological polar surface area (TPSA) is 85.9 Å². The van der Waals surface area contributed by atoms with Crippen LogP contribution < -0.4 is 11.1 Å². The quantitative estimate of drug-likeness (QED) is 0.877. The van der Waals surface area contributed by atoms with Crippen LogP contribution in [0.4, 0.5) is 14.5 Å². The van der Waals surface area contributed by atoms with Crippen LogP contribution in [0.2, 0.25) is 0 Å². The number of carbonyl (C=O) groups is 1. The Morgan fingerprint density at radius 1 is 1.57 bits per heavy atom. The lowest BCUT2D eigenvalue weighted by Crippen LogP contribution is -2.45. The van der Waals surface area contributed by atoms with Crippen LogP contribution >= 0.6 is 0 Å². The fourth-order valence-electron chi connectivity index (χ4n) is 3.16. The van der Waals surface area contributed by atoms with E-state index in [0.717, 1.165) is 0 Å². The van der Waals surface area contributed by atoms with Crippen LogP contribution in [0.15, 0.2) is 23.2 Å². The van der Waals surface area contributed by atoms with E-state index in [1.165, 1.54) is 25.1 Å². The third kappa shape index (κ3) is 2.63. The highest BCUT2D eigenvalue weighted by molar-refractivity contribution is 5.88. The van der Waals surface area contributed by atoms with E-state index in [4.69, 9.17) is 15.2 Å². The molecule has 0 aromatic heterocycles. The van der Waals surface area contributed by atoms with E-state index < -0.39 is 30.1 Å². The van der Waals surface area contributed by atoms with Crippen LogP contribution in [0, 0.1) is 11.7 Å². The molecule has 0 spiro atoms. The summed E-state index contributed by atoms with van der Waals surface area (Å²) in [6.07, 6.45) is -0.740. The molecule has 124 valence electrons. The van der Waals surface area contributed by atoms with Gasteiger partial charge in [0.1, 0.15) is 18.0 Å². The van der Waals surface area contributed by atoms with E-state index in [2.05, 4.69) is 10.3 Å². The van der Waals surface area contributed by atoms with E-state index in [0.29, 0.717) is 5.69 Å². The van der Waals surface area contributed by atoms with Gasteiger partial charge in [-0.3, -0.25) is 4.79 Å². The van der Waals surface area contributed by atoms with Crippen LogP contribution in [0.3, 0.4) is 0 Å². The number of alkyl halides is 1. The second-order valence-corrected chi connectivity index (χ2v) is 5.67. The lowest BCUT2D eigenvalue weighted by atomic mass is 9.78. The number of anilines is 1. The number of amidine groups is 1. The first-order chi connectivity index (χ1) is 11.0. The van der Waals surface area contributed by atoms with Gasteiger partial charge in [0.25, 0.3) is 6.02 Å². The summed E-state index contributed by atoms with van der Waals surface area (Å²) >= 11 is 0. The first kappa shape index (κ1) is 15.7. The van der Waals surface area contributed by atoms with Gasteiger partial charge in [-0.2, -0.15) is 0 Å². The first-order valence-electron chi connectivity index (χ1n) is 7.19. The highest BCUT2D eigenvalue weighted by Gasteiger charge is 2.55. The number of hydrogen-bond acceptors (Lipinski definition) is 5. The van der Waals surface area contributed by atoms with Crippen molar-refractivity contribution >= 4 is 17.6 Å². The van der Waals surface area contributed by atoms with Crippen molar-refractivity contribution in [2.45, 2.75) is 18.6 Å². The number of halogens is 2. The smallest absolute Gasteiger partial charge is 0.282 e. The molecule has 23 heavy (non-hydrogen) atoms. The van der Waals surface area contributed by atoms with Crippen LogP contribution in [-0.4, -0.2) is 37.9 Å². The van der Waals surface area contributed by atoms with Crippen molar-refractivity contribution < 1.29 is 23.0 Å². The van der Waals surface area contributed by atoms with Gasteiger partial charge in [-0.15, -0.1) is 0 Å². The number of ether oxygens (including phenoxy) is 2. The Hall–Kier alpha value is -2.22. The van der Waals surface area contributed by atoms with Crippen molar-refractivity contribution in [2.75, 3.05) is 25.2 Å². The summed E-state index contributed by atoms with van der Waals surface area (Å²) in [5, 5.41) is 2.59. The third-order valence-electron chi connectivity index (χ3n) is 4.21. The largest absolute Gasteiger partial charge is 0.465 e. The zero-order valence-electron chi connectivity index (χ0n) is 12.5. The van der Waals surface area contributed by atoms with Crippen LogP contribution in [-0.2, 0) is 19.8 Å². The number of fused-ring (bicyclic) bond motifs is 1. The Morgan fingerprint density at radius 2 is 2.35 bits per heavy atom. The molecule has 3 N–H and O–H groups in total. The molecule has 2 aliphatic heterocycles. The molecule has 2 heterocycles. The molecule has 0 saturated carbocycles. The number of nitrogens with one attached hydrogen (secondary N) is 1. The Bertz CT molecular complexity index is 667. The van der Waals surface area contributed by atoms with Crippen molar-refractivity contribution in [2.24, 2.45) is 16.6 Å². The lowest BCUT2D eigenvalue weighted by Gasteiger charge is -2.35. The maximum absolute atomic E-state index is 14.5. The summed E-state index contributed by atoms with van der Waals surface area (Å²) in [7, 11) is 0. The van der Waals surface area contributed by atoms with Crippen molar-refractivity contribution in [1.29, 1.82) is 0 Å². The average Bonchev–Trinajstić information content (AvgIpc) is 2.87. The molecule has 3 rings (SSSR count). The van der Waals surface area contributed by atoms with E-state index in [9.17, 15) is 13.6 Å². The number of nitrogens with zero attached hydrogens (tertiary/aromatic N) is 1. The normalized spacial score (nSPS) is 29.4. The monoisotopic (exact) mass is 325 g/mol. The molecule has 1 unspecified atom stereocenters. The summed E-state index contributed by atoms with van der Waals surface area (Å²) in [6, 6.07) is 4.07. The number of hydrogen-bond donors (Lipinski definition) is 2. The highest BCUT2D eigenvalue weighted by atomic mass is 19.1. The molecule has 0 aliphatic carbocycles. The number of amides is 1. The van der Waals surface area contributed by atoms with Gasteiger partial charge in [0.2, 0.25) is 5.91 Å². The maximum Gasteiger partial charge on any atom is 0.282 e. The third-order valence-corrected chi connectivity index (χ3v) is 4.21. The number of nitrogens with two attached hydrogens (primary N) is 1. The zero-order chi connectivity index (χ0) is 16.6. The molecule has 8 heteroatoms. The Labute approximate surface area is 131 Å². The standard InChI is InChI=1S/C15H17F2N3O3/c1-8(21)19-9-2-3-12(17)10(4-9)15-7-23-13(5-16)11(15)6-22-14(18)20-15/h2-4,11,13H,5-7H2,1H3,(H2,18,20)(H,19,21)/t11-,13?,15-/m1/s1. The summed E-state index contributed by atoms with van der Waals surface area (Å²) in [5.74, 6) is -1.30. The van der Waals surface area contributed by atoms with Crippen LogP contribution in [0.25, 0.3) is 0 Å². The molecule has 2 aliphatic rings. The Balaban J connectivity index is 2.10. The second-order valence-electron chi connectivity index (χ2n) is 5.67. The molecule has 6 nitrogen and oxygen atoms in total. The number of rotatable bonds is 3. The zero-order valence-corrected chi connectivity index (χ0v) is 12.5. The van der Waals surface area contributed by atoms with Crippen LogP contribution in [0.1, 0.15) is 12.5 Å². The van der Waals surface area contributed by atoms with E-state index in [-0.39, 0.29) is 30.7 Å². The molecule has 1 saturated heterocycles. The fraction of sp³-hybridized carbons (Fsp3) is 0.467. The fourth-order valence-corrected chi connectivity index (χ4v) is 3.16. The van der Waals surface area contributed by atoms with Gasteiger partial charge < -0.3 is 20.5 Å². The predicted octanol–water partition coefficient (Wildman–Crippen LogP) is 1.31. The van der Waals surface area contributed by atoms with Crippen LogP contribution in [0.5, 0.6) is 0 Å². The van der Waals surface area contributed by atoms with Gasteiger partial charge in [0.05, 0.1) is 25.2 Å². The van der Waals surface area contributed by atoms with Gasteiger partial charge in [-0.05, 0) is 18.2 Å². The summed E-state index contributed by atoms with van der Waals surface area (Å²) in [5.41, 5.74) is 5.13. The average molecular weight is 325 g/mol. The molecule has 3 atom stereocenters. The Morgan fingerprint density at radius 3 is 3.04 bits per heavy atom. The molecule has 1 fully saturated rings. The number of aliphatic imine (C=N–C) groups is 1. The molecular formula is C15H17F2N3O3. The van der Waals surface area contributed by atoms with Gasteiger partial charge in [-0.25, -0.2) is 13.8 Å². The van der Waals surface area contributed by atoms with Crippen molar-refractivity contribution in [1.82, 2.24) is 0 Å². The van der Waals surface area contributed by atoms with Gasteiger partial charge in [0.15, 0.2) is 0 Å². The highest BCUT2D eigenvalue weighted by Crippen LogP contribution is 2.46. The van der Waals surface area contributed by atoms with E-state index >= 15 is 0 Å². The SMILES string of the molecule is CC(=O)Nc1ccc(F)c([C@]23COC(CF)[C@H]2COC(N)=N3)c1. The van der Waals surface area contributed by atoms with Crippen molar-refractivity contribution in [3.05, 3.63) is 29.6 Å². The second kappa shape index (κ2) is 5.77. The van der Waals surface area contributed by atoms with E-state index in [1.54, 1.807) is 0 Å². The van der Waals surface area contributed by atoms with Gasteiger partial charge >= 0.3 is 0 Å². The molecule has 1 amide bonds. The minimum absolute atomic E-state index is 0.00322. The van der Waals surface area contributed by atoms with Crippen molar-refractivity contribution in [3.8, 4) is 0 Å². The predicted molar refractivity (Wildman–Crippen MR) is 79.2 cm³/mol. The molecule has 1 aromatic carbocycles. The first-order valence-corrected chi connectivity index (χ1v) is 7.19. The molecule has 1 aromatic rings. The number of benzene rings is 1. The van der Waals surface area contributed by atoms with Gasteiger partial charge in [-0.1, -0.05) is 0 Å². The van der Waals surface area contributed by atoms with E-state index in [1.807, 2.05) is 0 Å². The van der Waals surface area contributed by atoms with Crippen molar-refractivity contribution in [3.63, 3.8) is 0 Å². The summed E-state index contributed by atoms with van der Waals surface area (Å²) < 4.78 is 38.3. The maximum atomic E-state index is 14.5. The Kier molecular flexibility index (Phi) is 3.93. The summed E-state index contributed by atoms with van der Waals surface area (Å²) in [6.45, 7) is 0.717. The minimum Gasteiger partial charge on any atom is -0.465 e. The summed E-state index contributed by atoms with van der Waals surface area (Å²) in [4.78, 5) is 15.5. The molecular weight excluding hydrogens is 308 g/mol. The van der Waals surface area contributed by atoms with Gasteiger partial charge in [0, 0.05) is 18.2 Å².